The molecule has 0 aliphatic rings. The third kappa shape index (κ3) is 2.66. The number of aromatic nitrogens is 5. The lowest BCUT2D eigenvalue weighted by Gasteiger charge is -2.11. The Hall–Kier alpha value is -3.13. The van der Waals surface area contributed by atoms with Gasteiger partial charge in [0.2, 0.25) is 5.78 Å². The first kappa shape index (κ1) is 19.2. The van der Waals surface area contributed by atoms with Crippen LogP contribution < -0.4 is 11.2 Å². The van der Waals surface area contributed by atoms with Crippen LogP contribution >= 0.6 is 0 Å². The molecule has 152 valence electrons. The van der Waals surface area contributed by atoms with Gasteiger partial charge in [0, 0.05) is 25.5 Å². The van der Waals surface area contributed by atoms with Gasteiger partial charge in [-0.05, 0) is 31.9 Å². The standard InChI is InChI=1S/C21H25N5O3/c1-6-15-9-7-8-10-16(15)25-13(2)14(3)26-17-18(22-20(25)26)23(4)21(28)24(19(17)27)11-12-29-5/h7-10H,6,11-12H2,1-5H3. The van der Waals surface area contributed by atoms with Gasteiger partial charge in [-0.2, -0.15) is 4.98 Å². The maximum atomic E-state index is 13.2. The highest BCUT2D eigenvalue weighted by molar-refractivity contribution is 5.77. The highest BCUT2D eigenvalue weighted by Gasteiger charge is 2.23. The first-order chi connectivity index (χ1) is 13.9. The third-order valence-electron chi connectivity index (χ3n) is 5.65. The van der Waals surface area contributed by atoms with Gasteiger partial charge in [0.1, 0.15) is 0 Å². The van der Waals surface area contributed by atoms with Crippen molar-refractivity contribution in [3.63, 3.8) is 0 Å². The lowest BCUT2D eigenvalue weighted by molar-refractivity contribution is 0.184. The van der Waals surface area contributed by atoms with Gasteiger partial charge in [-0.15, -0.1) is 0 Å². The molecule has 0 radical (unpaired) electrons. The summed E-state index contributed by atoms with van der Waals surface area (Å²) in [5.74, 6) is 0.632. The van der Waals surface area contributed by atoms with Gasteiger partial charge < -0.3 is 4.74 Å². The minimum atomic E-state index is -0.393. The van der Waals surface area contributed by atoms with Gasteiger partial charge in [-0.1, -0.05) is 25.1 Å². The van der Waals surface area contributed by atoms with E-state index >= 15 is 0 Å². The van der Waals surface area contributed by atoms with Crippen molar-refractivity contribution in [2.45, 2.75) is 33.7 Å². The fourth-order valence-corrected chi connectivity index (χ4v) is 3.95. The number of aryl methyl sites for hydroxylation is 3. The van der Waals surface area contributed by atoms with Crippen LogP contribution in [0, 0.1) is 13.8 Å². The summed E-state index contributed by atoms with van der Waals surface area (Å²) < 4.78 is 11.7. The molecule has 0 N–H and O–H groups in total. The summed E-state index contributed by atoms with van der Waals surface area (Å²) in [6, 6.07) is 8.17. The Kier molecular flexibility index (Phi) is 4.66. The molecule has 0 bridgehead atoms. The lowest BCUT2D eigenvalue weighted by Crippen LogP contribution is -2.40. The number of imidazole rings is 2. The second kappa shape index (κ2) is 7.04. The lowest BCUT2D eigenvalue weighted by atomic mass is 10.1. The second-order valence-electron chi connectivity index (χ2n) is 7.20. The Labute approximate surface area is 167 Å². The minimum Gasteiger partial charge on any atom is -0.383 e. The first-order valence-electron chi connectivity index (χ1n) is 9.69. The van der Waals surface area contributed by atoms with E-state index in [2.05, 4.69) is 23.6 Å². The van der Waals surface area contributed by atoms with Crippen LogP contribution in [-0.4, -0.2) is 36.8 Å². The van der Waals surface area contributed by atoms with E-state index in [1.54, 1.807) is 14.2 Å². The molecule has 0 amide bonds. The maximum absolute atomic E-state index is 13.2. The highest BCUT2D eigenvalue weighted by atomic mass is 16.5. The van der Waals surface area contributed by atoms with Crippen LogP contribution in [0.3, 0.4) is 0 Å². The van der Waals surface area contributed by atoms with Gasteiger partial charge in [-0.3, -0.25) is 22.9 Å². The summed E-state index contributed by atoms with van der Waals surface area (Å²) >= 11 is 0. The largest absolute Gasteiger partial charge is 0.383 e. The van der Waals surface area contributed by atoms with E-state index < -0.39 is 5.69 Å². The number of hydrogen-bond donors (Lipinski definition) is 0. The summed E-state index contributed by atoms with van der Waals surface area (Å²) in [5.41, 5.74) is 4.19. The summed E-state index contributed by atoms with van der Waals surface area (Å²) in [6.07, 6.45) is 0.877. The monoisotopic (exact) mass is 395 g/mol. The molecule has 8 nitrogen and oxygen atoms in total. The molecular weight excluding hydrogens is 370 g/mol. The van der Waals surface area contributed by atoms with Crippen molar-refractivity contribution in [3.05, 3.63) is 62.1 Å². The van der Waals surface area contributed by atoms with Crippen molar-refractivity contribution in [1.29, 1.82) is 0 Å². The number of methoxy groups -OCH3 is 1. The molecule has 0 unspecified atom stereocenters. The molecule has 3 heterocycles. The summed E-state index contributed by atoms with van der Waals surface area (Å²) in [4.78, 5) is 30.7. The van der Waals surface area contributed by atoms with Gasteiger partial charge in [0.15, 0.2) is 11.2 Å². The van der Waals surface area contributed by atoms with Crippen LogP contribution in [-0.2, 0) is 24.8 Å². The average Bonchev–Trinajstić information content (AvgIpc) is 3.22. The Morgan fingerprint density at radius 2 is 1.83 bits per heavy atom. The van der Waals surface area contributed by atoms with Crippen LogP contribution in [0.4, 0.5) is 0 Å². The second-order valence-corrected chi connectivity index (χ2v) is 7.20. The van der Waals surface area contributed by atoms with Crippen molar-refractivity contribution in [1.82, 2.24) is 23.1 Å². The third-order valence-corrected chi connectivity index (χ3v) is 5.65. The van der Waals surface area contributed by atoms with E-state index in [4.69, 9.17) is 9.72 Å². The van der Waals surface area contributed by atoms with Gasteiger partial charge in [0.05, 0.1) is 18.8 Å². The fourth-order valence-electron chi connectivity index (χ4n) is 3.95. The van der Waals surface area contributed by atoms with Crippen LogP contribution in [0.1, 0.15) is 23.9 Å². The van der Waals surface area contributed by atoms with E-state index in [1.165, 1.54) is 14.7 Å². The molecule has 8 heteroatoms. The van der Waals surface area contributed by atoms with E-state index in [9.17, 15) is 9.59 Å². The SMILES string of the molecule is CCc1ccccc1-n1c(C)c(C)n2c3c(=O)n(CCOC)c(=O)n(C)c3nc12. The summed E-state index contributed by atoms with van der Waals surface area (Å²) in [5, 5.41) is 0. The van der Waals surface area contributed by atoms with Crippen molar-refractivity contribution in [3.8, 4) is 5.69 Å². The Morgan fingerprint density at radius 1 is 1.10 bits per heavy atom. The number of hydrogen-bond acceptors (Lipinski definition) is 4. The number of fused-ring (bicyclic) bond motifs is 3. The molecule has 1 aromatic carbocycles. The van der Waals surface area contributed by atoms with E-state index in [-0.39, 0.29) is 18.7 Å². The predicted octanol–water partition coefficient (Wildman–Crippen LogP) is 1.96. The molecule has 0 saturated carbocycles. The number of ether oxygens (including phenoxy) is 1. The quantitative estimate of drug-likeness (QED) is 0.518. The molecule has 3 aromatic heterocycles. The Bertz CT molecular complexity index is 1350. The van der Waals surface area contributed by atoms with E-state index in [0.717, 1.165) is 23.5 Å². The Morgan fingerprint density at radius 3 is 2.52 bits per heavy atom. The van der Waals surface area contributed by atoms with Crippen LogP contribution in [0.25, 0.3) is 22.6 Å². The smallest absolute Gasteiger partial charge is 0.332 e. The number of para-hydroxylation sites is 1. The summed E-state index contributed by atoms with van der Waals surface area (Å²) in [7, 11) is 3.19. The number of rotatable bonds is 5. The number of benzene rings is 1. The minimum absolute atomic E-state index is 0.197. The zero-order valence-electron chi connectivity index (χ0n) is 17.4. The molecule has 0 aliphatic carbocycles. The molecule has 0 aliphatic heterocycles. The zero-order chi connectivity index (χ0) is 20.9. The van der Waals surface area contributed by atoms with Crippen molar-refractivity contribution < 1.29 is 4.74 Å². The maximum Gasteiger partial charge on any atom is 0.332 e. The molecule has 0 fully saturated rings. The zero-order valence-corrected chi connectivity index (χ0v) is 17.4. The molecule has 4 rings (SSSR count). The van der Waals surface area contributed by atoms with Crippen LogP contribution in [0.5, 0.6) is 0 Å². The highest BCUT2D eigenvalue weighted by Crippen LogP contribution is 2.26. The van der Waals surface area contributed by atoms with Gasteiger partial charge >= 0.3 is 5.69 Å². The molecule has 0 spiro atoms. The number of nitrogens with zero attached hydrogens (tertiary/aromatic N) is 5. The fraction of sp³-hybridized carbons (Fsp3) is 0.381. The molecule has 0 atom stereocenters. The predicted molar refractivity (Wildman–Crippen MR) is 112 cm³/mol. The molecule has 0 saturated heterocycles. The molecule has 29 heavy (non-hydrogen) atoms. The normalized spacial score (nSPS) is 11.8. The van der Waals surface area contributed by atoms with Gasteiger partial charge in [-0.25, -0.2) is 4.79 Å². The van der Waals surface area contributed by atoms with E-state index in [0.29, 0.717) is 16.9 Å². The molecular formula is C21H25N5O3. The summed E-state index contributed by atoms with van der Waals surface area (Å²) in [6.45, 7) is 6.59. The first-order valence-corrected chi connectivity index (χ1v) is 9.69. The van der Waals surface area contributed by atoms with Crippen molar-refractivity contribution in [2.75, 3.05) is 13.7 Å². The van der Waals surface area contributed by atoms with Crippen molar-refractivity contribution in [2.24, 2.45) is 7.05 Å². The van der Waals surface area contributed by atoms with Crippen LogP contribution in [0.15, 0.2) is 33.9 Å². The topological polar surface area (TPSA) is 75.5 Å². The van der Waals surface area contributed by atoms with Gasteiger partial charge in [0.25, 0.3) is 5.56 Å². The Balaban J connectivity index is 2.16. The molecule has 4 aromatic rings. The van der Waals surface area contributed by atoms with E-state index in [1.807, 2.05) is 30.4 Å². The average molecular weight is 395 g/mol. The van der Waals surface area contributed by atoms with Crippen LogP contribution in [0.2, 0.25) is 0 Å². The van der Waals surface area contributed by atoms with Crippen molar-refractivity contribution >= 4 is 16.9 Å².